The minimum absolute atomic E-state index is 0.0139. The minimum Gasteiger partial charge on any atom is -0.497 e. The molecular weight excluding hydrogens is 342 g/mol. The van der Waals surface area contributed by atoms with E-state index in [9.17, 15) is 9.59 Å². The van der Waals surface area contributed by atoms with Gasteiger partial charge in [-0.1, -0.05) is 12.1 Å². The van der Waals surface area contributed by atoms with Gasteiger partial charge in [-0.2, -0.15) is 0 Å². The minimum atomic E-state index is -0.331. The van der Waals surface area contributed by atoms with Gasteiger partial charge in [0.25, 0.3) is 0 Å². The molecule has 5 heteroatoms. The van der Waals surface area contributed by atoms with Crippen LogP contribution in [0.1, 0.15) is 75.7 Å². The number of Topliss-reactive ketones (excluding diaryl/α,β-unsaturated/α-hetero) is 1. The van der Waals surface area contributed by atoms with Crippen LogP contribution in [0.2, 0.25) is 0 Å². The molecule has 27 heavy (non-hydrogen) atoms. The Hall–Kier alpha value is -2.56. The van der Waals surface area contributed by atoms with Crippen LogP contribution < -0.4 is 4.74 Å². The van der Waals surface area contributed by atoms with E-state index in [-0.39, 0.29) is 23.8 Å². The van der Waals surface area contributed by atoms with E-state index in [2.05, 4.69) is 4.98 Å². The van der Waals surface area contributed by atoms with E-state index in [0.717, 1.165) is 48.3 Å². The lowest BCUT2D eigenvalue weighted by Crippen LogP contribution is -2.18. The average molecular weight is 367 g/mol. The van der Waals surface area contributed by atoms with Gasteiger partial charge >= 0.3 is 5.97 Å². The molecule has 4 rings (SSSR count). The van der Waals surface area contributed by atoms with Gasteiger partial charge in [0.05, 0.1) is 7.11 Å². The highest BCUT2D eigenvalue weighted by molar-refractivity contribution is 6.03. The topological polar surface area (TPSA) is 68.4 Å². The molecule has 1 N–H and O–H groups in total. The Bertz CT molecular complexity index is 859. The zero-order chi connectivity index (χ0) is 19.0. The molecule has 0 radical (unpaired) electrons. The fraction of sp³-hybridized carbons (Fsp3) is 0.455. The van der Waals surface area contributed by atoms with Crippen LogP contribution in [0.3, 0.4) is 0 Å². The maximum absolute atomic E-state index is 12.8. The standard InChI is InChI=1S/C22H25NO4/c1-13-20-18(23-21(13)22(25)27-17-5-3-4-6-17)11-15(12-19(20)24)14-7-9-16(26-2)10-8-14/h7-10,15,17,23H,3-6,11-12H2,1-2H3. The van der Waals surface area contributed by atoms with E-state index in [4.69, 9.17) is 9.47 Å². The number of ether oxygens (including phenoxy) is 2. The Kier molecular flexibility index (Phi) is 4.77. The first kappa shape index (κ1) is 17.8. The number of hydrogen-bond acceptors (Lipinski definition) is 4. The lowest BCUT2D eigenvalue weighted by Gasteiger charge is -2.22. The number of methoxy groups -OCH3 is 1. The molecule has 1 unspecified atom stereocenters. The second-order valence-electron chi connectivity index (χ2n) is 7.59. The number of benzene rings is 1. The number of carbonyl (C=O) groups is 2. The number of aromatic amines is 1. The molecule has 142 valence electrons. The summed E-state index contributed by atoms with van der Waals surface area (Å²) in [6, 6.07) is 7.85. The van der Waals surface area contributed by atoms with Gasteiger partial charge in [0.2, 0.25) is 0 Å². The van der Waals surface area contributed by atoms with Crippen LogP contribution >= 0.6 is 0 Å². The van der Waals surface area contributed by atoms with Crippen molar-refractivity contribution in [3.8, 4) is 5.75 Å². The van der Waals surface area contributed by atoms with Crippen LogP contribution in [0, 0.1) is 6.92 Å². The summed E-state index contributed by atoms with van der Waals surface area (Å²) >= 11 is 0. The Morgan fingerprint density at radius 3 is 2.48 bits per heavy atom. The number of aromatic nitrogens is 1. The van der Waals surface area contributed by atoms with Crippen molar-refractivity contribution < 1.29 is 19.1 Å². The largest absolute Gasteiger partial charge is 0.497 e. The molecule has 2 aromatic rings. The van der Waals surface area contributed by atoms with E-state index >= 15 is 0 Å². The van der Waals surface area contributed by atoms with Crippen molar-refractivity contribution in [1.29, 1.82) is 0 Å². The van der Waals surface area contributed by atoms with Crippen LogP contribution in [0.4, 0.5) is 0 Å². The van der Waals surface area contributed by atoms with Gasteiger partial charge in [-0.3, -0.25) is 4.79 Å². The summed E-state index contributed by atoms with van der Waals surface area (Å²) in [4.78, 5) is 28.6. The second kappa shape index (κ2) is 7.22. The predicted molar refractivity (Wildman–Crippen MR) is 102 cm³/mol. The lowest BCUT2D eigenvalue weighted by molar-refractivity contribution is 0.0310. The quantitative estimate of drug-likeness (QED) is 0.816. The van der Waals surface area contributed by atoms with Crippen molar-refractivity contribution in [2.75, 3.05) is 7.11 Å². The summed E-state index contributed by atoms with van der Waals surface area (Å²) in [7, 11) is 1.64. The summed E-state index contributed by atoms with van der Waals surface area (Å²) in [5.41, 5.74) is 3.81. The molecule has 1 saturated carbocycles. The fourth-order valence-electron chi connectivity index (χ4n) is 4.37. The van der Waals surface area contributed by atoms with E-state index in [1.165, 1.54) is 0 Å². The molecule has 0 spiro atoms. The summed E-state index contributed by atoms with van der Waals surface area (Å²) < 4.78 is 10.8. The van der Waals surface area contributed by atoms with Gasteiger partial charge in [0.1, 0.15) is 17.5 Å². The molecule has 1 atom stereocenters. The number of H-pyrrole nitrogens is 1. The molecule has 5 nitrogen and oxygen atoms in total. The Balaban J connectivity index is 1.57. The number of ketones is 1. The van der Waals surface area contributed by atoms with Crippen LogP contribution in [0.15, 0.2) is 24.3 Å². The third-order valence-electron chi connectivity index (χ3n) is 5.86. The van der Waals surface area contributed by atoms with Gasteiger partial charge in [-0.15, -0.1) is 0 Å². The molecule has 2 aliphatic carbocycles. The van der Waals surface area contributed by atoms with Crippen molar-refractivity contribution in [1.82, 2.24) is 4.98 Å². The smallest absolute Gasteiger partial charge is 0.355 e. The highest BCUT2D eigenvalue weighted by atomic mass is 16.5. The number of hydrogen-bond donors (Lipinski definition) is 1. The number of fused-ring (bicyclic) bond motifs is 1. The molecule has 0 aliphatic heterocycles. The van der Waals surface area contributed by atoms with E-state index < -0.39 is 0 Å². The highest BCUT2D eigenvalue weighted by Gasteiger charge is 2.33. The number of rotatable bonds is 4. The highest BCUT2D eigenvalue weighted by Crippen LogP contribution is 2.36. The molecule has 0 bridgehead atoms. The monoisotopic (exact) mass is 367 g/mol. The molecule has 1 aromatic heterocycles. The summed E-state index contributed by atoms with van der Waals surface area (Å²) in [6.07, 6.45) is 5.27. The van der Waals surface area contributed by atoms with Gasteiger partial charge in [-0.25, -0.2) is 4.79 Å². The second-order valence-corrected chi connectivity index (χ2v) is 7.59. The predicted octanol–water partition coefficient (Wildman–Crippen LogP) is 4.34. The summed E-state index contributed by atoms with van der Waals surface area (Å²) in [5.74, 6) is 0.662. The molecule has 1 fully saturated rings. The third kappa shape index (κ3) is 3.38. The summed E-state index contributed by atoms with van der Waals surface area (Å²) in [5, 5.41) is 0. The van der Waals surface area contributed by atoms with Gasteiger partial charge in [0, 0.05) is 17.7 Å². The normalized spacial score (nSPS) is 19.8. The first-order valence-electron chi connectivity index (χ1n) is 9.66. The van der Waals surface area contributed by atoms with Crippen LogP contribution in [-0.2, 0) is 11.2 Å². The van der Waals surface area contributed by atoms with Gasteiger partial charge < -0.3 is 14.5 Å². The molecule has 1 aromatic carbocycles. The lowest BCUT2D eigenvalue weighted by atomic mass is 9.81. The Morgan fingerprint density at radius 2 is 1.81 bits per heavy atom. The molecule has 0 amide bonds. The molecule has 1 heterocycles. The number of nitrogens with one attached hydrogen (secondary N) is 1. The Morgan fingerprint density at radius 1 is 1.11 bits per heavy atom. The maximum atomic E-state index is 12.8. The third-order valence-corrected chi connectivity index (χ3v) is 5.86. The fourth-order valence-corrected chi connectivity index (χ4v) is 4.37. The SMILES string of the molecule is COc1ccc(C2CC(=O)c3c([nH]c(C(=O)OC4CCCC4)c3C)C2)cc1. The van der Waals surface area contributed by atoms with E-state index in [1.54, 1.807) is 7.11 Å². The average Bonchev–Trinajstić information content (AvgIpc) is 3.29. The van der Waals surface area contributed by atoms with Crippen LogP contribution in [-0.4, -0.2) is 30.0 Å². The molecular formula is C22H25NO4. The zero-order valence-corrected chi connectivity index (χ0v) is 15.8. The van der Waals surface area contributed by atoms with Crippen molar-refractivity contribution in [2.45, 2.75) is 57.5 Å². The molecule has 2 aliphatic rings. The Labute approximate surface area is 159 Å². The van der Waals surface area contributed by atoms with Crippen molar-refractivity contribution in [2.24, 2.45) is 0 Å². The zero-order valence-electron chi connectivity index (χ0n) is 15.8. The van der Waals surface area contributed by atoms with Crippen molar-refractivity contribution in [3.63, 3.8) is 0 Å². The van der Waals surface area contributed by atoms with Gasteiger partial charge in [0.15, 0.2) is 5.78 Å². The number of carbonyl (C=O) groups excluding carboxylic acids is 2. The number of esters is 1. The van der Waals surface area contributed by atoms with Crippen molar-refractivity contribution >= 4 is 11.8 Å². The maximum Gasteiger partial charge on any atom is 0.355 e. The van der Waals surface area contributed by atoms with Crippen molar-refractivity contribution in [3.05, 3.63) is 52.3 Å². The van der Waals surface area contributed by atoms with E-state index in [0.29, 0.717) is 24.1 Å². The van der Waals surface area contributed by atoms with Crippen LogP contribution in [0.25, 0.3) is 0 Å². The first-order valence-corrected chi connectivity index (χ1v) is 9.66. The summed E-state index contributed by atoms with van der Waals surface area (Å²) in [6.45, 7) is 1.84. The van der Waals surface area contributed by atoms with Crippen LogP contribution in [0.5, 0.6) is 5.75 Å². The van der Waals surface area contributed by atoms with Gasteiger partial charge in [-0.05, 0) is 68.2 Å². The van der Waals surface area contributed by atoms with E-state index in [1.807, 2.05) is 31.2 Å². The molecule has 0 saturated heterocycles. The first-order chi connectivity index (χ1) is 13.1.